The van der Waals surface area contributed by atoms with E-state index in [0.29, 0.717) is 13.2 Å². The SMILES string of the molecule is CC1CN(C(=O)N[C@@H](CC(N)=O)C(=O)O)C(C)CO1. The third kappa shape index (κ3) is 4.40. The third-order valence-corrected chi connectivity index (χ3v) is 2.87. The molecule has 0 saturated carbocycles. The molecule has 0 spiro atoms. The number of ether oxygens (including phenoxy) is 1. The van der Waals surface area contributed by atoms with Gasteiger partial charge in [-0.2, -0.15) is 0 Å². The Labute approximate surface area is 110 Å². The van der Waals surface area contributed by atoms with Gasteiger partial charge in [0.2, 0.25) is 5.91 Å². The van der Waals surface area contributed by atoms with Crippen LogP contribution in [0.3, 0.4) is 0 Å². The van der Waals surface area contributed by atoms with Crippen LogP contribution < -0.4 is 11.1 Å². The fraction of sp³-hybridized carbons (Fsp3) is 0.727. The largest absolute Gasteiger partial charge is 0.480 e. The van der Waals surface area contributed by atoms with Crippen molar-refractivity contribution in [3.8, 4) is 0 Å². The second-order valence-electron chi connectivity index (χ2n) is 4.66. The fourth-order valence-corrected chi connectivity index (χ4v) is 1.82. The van der Waals surface area contributed by atoms with E-state index in [1.54, 1.807) is 6.92 Å². The van der Waals surface area contributed by atoms with Crippen molar-refractivity contribution in [3.63, 3.8) is 0 Å². The summed E-state index contributed by atoms with van der Waals surface area (Å²) in [5.41, 5.74) is 4.95. The highest BCUT2D eigenvalue weighted by atomic mass is 16.5. The first-order valence-electron chi connectivity index (χ1n) is 6.01. The lowest BCUT2D eigenvalue weighted by molar-refractivity contribution is -0.141. The van der Waals surface area contributed by atoms with Crippen molar-refractivity contribution in [1.29, 1.82) is 0 Å². The van der Waals surface area contributed by atoms with Crippen LogP contribution in [0.15, 0.2) is 0 Å². The van der Waals surface area contributed by atoms with Crippen LogP contribution in [0.1, 0.15) is 20.3 Å². The Balaban J connectivity index is 2.65. The van der Waals surface area contributed by atoms with Crippen LogP contribution in [0.5, 0.6) is 0 Å². The first-order chi connectivity index (χ1) is 8.81. The zero-order chi connectivity index (χ0) is 14.6. The number of carboxylic acid groups (broad SMARTS) is 1. The Morgan fingerprint density at radius 3 is 2.63 bits per heavy atom. The number of nitrogens with zero attached hydrogens (tertiary/aromatic N) is 1. The van der Waals surface area contributed by atoms with Crippen LogP contribution in [0.2, 0.25) is 0 Å². The topological polar surface area (TPSA) is 122 Å². The van der Waals surface area contributed by atoms with Crippen LogP contribution in [-0.4, -0.2) is 59.3 Å². The van der Waals surface area contributed by atoms with Crippen molar-refractivity contribution >= 4 is 17.9 Å². The maximum Gasteiger partial charge on any atom is 0.326 e. The molecule has 0 radical (unpaired) electrons. The third-order valence-electron chi connectivity index (χ3n) is 2.87. The van der Waals surface area contributed by atoms with Gasteiger partial charge in [-0.1, -0.05) is 0 Å². The number of urea groups is 1. The molecule has 1 saturated heterocycles. The average Bonchev–Trinajstić information content (AvgIpc) is 2.30. The van der Waals surface area contributed by atoms with Crippen LogP contribution in [-0.2, 0) is 14.3 Å². The number of hydrogen-bond acceptors (Lipinski definition) is 4. The van der Waals surface area contributed by atoms with Crippen molar-refractivity contribution in [3.05, 3.63) is 0 Å². The molecule has 0 aromatic heterocycles. The van der Waals surface area contributed by atoms with Gasteiger partial charge in [0, 0.05) is 6.54 Å². The van der Waals surface area contributed by atoms with Gasteiger partial charge in [0.25, 0.3) is 0 Å². The van der Waals surface area contributed by atoms with Crippen LogP contribution in [0.25, 0.3) is 0 Å². The van der Waals surface area contributed by atoms with E-state index in [4.69, 9.17) is 15.6 Å². The molecule has 2 unspecified atom stereocenters. The summed E-state index contributed by atoms with van der Waals surface area (Å²) < 4.78 is 5.38. The number of carboxylic acids is 1. The molecule has 8 nitrogen and oxygen atoms in total. The number of morpholine rings is 1. The minimum absolute atomic E-state index is 0.110. The Morgan fingerprint density at radius 2 is 2.11 bits per heavy atom. The maximum atomic E-state index is 12.0. The zero-order valence-electron chi connectivity index (χ0n) is 11.0. The summed E-state index contributed by atoms with van der Waals surface area (Å²) in [7, 11) is 0. The number of primary amides is 1. The highest BCUT2D eigenvalue weighted by Crippen LogP contribution is 2.11. The highest BCUT2D eigenvalue weighted by Gasteiger charge is 2.30. The van der Waals surface area contributed by atoms with Gasteiger partial charge >= 0.3 is 12.0 Å². The maximum absolute atomic E-state index is 12.0. The standard InChI is InChI=1S/C11H19N3O5/c1-6-5-19-7(2)4-14(6)11(18)13-8(10(16)17)3-9(12)15/h6-8H,3-5H2,1-2H3,(H2,12,15)(H,13,18)(H,16,17)/t6?,7?,8-/m0/s1. The molecule has 1 fully saturated rings. The first kappa shape index (κ1) is 15.2. The Hall–Kier alpha value is -1.83. The van der Waals surface area contributed by atoms with Gasteiger partial charge in [-0.15, -0.1) is 0 Å². The summed E-state index contributed by atoms with van der Waals surface area (Å²) in [5.74, 6) is -2.07. The lowest BCUT2D eigenvalue weighted by Crippen LogP contribution is -2.56. The molecule has 4 N–H and O–H groups in total. The van der Waals surface area contributed by atoms with Gasteiger partial charge in [-0.3, -0.25) is 4.79 Å². The molecule has 0 bridgehead atoms. The fourth-order valence-electron chi connectivity index (χ4n) is 1.82. The number of hydrogen-bond donors (Lipinski definition) is 3. The van der Waals surface area contributed by atoms with E-state index < -0.39 is 30.4 Å². The van der Waals surface area contributed by atoms with Gasteiger partial charge in [-0.25, -0.2) is 9.59 Å². The normalized spacial score (nSPS) is 24.6. The van der Waals surface area contributed by atoms with Crippen molar-refractivity contribution in [1.82, 2.24) is 10.2 Å². The predicted octanol–water partition coefficient (Wildman–Crippen LogP) is -0.866. The number of carbonyl (C=O) groups excluding carboxylic acids is 2. The Morgan fingerprint density at radius 1 is 1.47 bits per heavy atom. The van der Waals surface area contributed by atoms with E-state index in [0.717, 1.165) is 0 Å². The van der Waals surface area contributed by atoms with Crippen molar-refractivity contribution in [2.45, 2.75) is 38.5 Å². The molecule has 1 heterocycles. The summed E-state index contributed by atoms with van der Waals surface area (Å²) in [6.45, 7) is 4.39. The number of nitrogens with two attached hydrogens (primary N) is 1. The van der Waals surface area contributed by atoms with Crippen LogP contribution >= 0.6 is 0 Å². The van der Waals surface area contributed by atoms with Crippen molar-refractivity contribution in [2.24, 2.45) is 5.73 Å². The van der Waals surface area contributed by atoms with Crippen molar-refractivity contribution in [2.75, 3.05) is 13.2 Å². The Kier molecular flexibility index (Phi) is 5.11. The van der Waals surface area contributed by atoms with E-state index >= 15 is 0 Å². The second-order valence-corrected chi connectivity index (χ2v) is 4.66. The zero-order valence-corrected chi connectivity index (χ0v) is 11.0. The van der Waals surface area contributed by atoms with Gasteiger partial charge in [0.05, 0.1) is 25.2 Å². The molecule has 1 aliphatic rings. The smallest absolute Gasteiger partial charge is 0.326 e. The summed E-state index contributed by atoms with van der Waals surface area (Å²) in [6, 6.07) is -1.99. The lowest BCUT2D eigenvalue weighted by atomic mass is 10.2. The molecular weight excluding hydrogens is 254 g/mol. The number of carbonyl (C=O) groups is 3. The average molecular weight is 273 g/mol. The molecule has 1 aliphatic heterocycles. The van der Waals surface area contributed by atoms with E-state index in [9.17, 15) is 14.4 Å². The summed E-state index contributed by atoms with van der Waals surface area (Å²) >= 11 is 0. The number of aliphatic carboxylic acids is 1. The molecule has 0 aliphatic carbocycles. The highest BCUT2D eigenvalue weighted by molar-refractivity contribution is 5.87. The van der Waals surface area contributed by atoms with E-state index in [1.807, 2.05) is 6.92 Å². The van der Waals surface area contributed by atoms with Crippen LogP contribution in [0, 0.1) is 0 Å². The number of rotatable bonds is 4. The predicted molar refractivity (Wildman–Crippen MR) is 65.3 cm³/mol. The minimum Gasteiger partial charge on any atom is -0.480 e. The molecule has 19 heavy (non-hydrogen) atoms. The van der Waals surface area contributed by atoms with Crippen LogP contribution in [0.4, 0.5) is 4.79 Å². The van der Waals surface area contributed by atoms with Gasteiger partial charge in [0.15, 0.2) is 0 Å². The molecule has 8 heteroatoms. The molecule has 1 rings (SSSR count). The minimum atomic E-state index is -1.31. The number of nitrogens with one attached hydrogen (secondary N) is 1. The summed E-state index contributed by atoms with van der Waals surface area (Å²) in [5, 5.41) is 11.2. The van der Waals surface area contributed by atoms with Gasteiger partial charge in [-0.05, 0) is 13.8 Å². The summed E-state index contributed by atoms with van der Waals surface area (Å²) in [6.07, 6.45) is -0.545. The molecule has 108 valence electrons. The Bertz CT molecular complexity index is 373. The molecule has 0 aromatic rings. The van der Waals surface area contributed by atoms with E-state index in [-0.39, 0.29) is 12.1 Å². The second kappa shape index (κ2) is 6.37. The van der Waals surface area contributed by atoms with E-state index in [2.05, 4.69) is 5.32 Å². The van der Waals surface area contributed by atoms with Gasteiger partial charge in [0.1, 0.15) is 6.04 Å². The molecule has 3 amide bonds. The lowest BCUT2D eigenvalue weighted by Gasteiger charge is -2.37. The quantitative estimate of drug-likeness (QED) is 0.615. The molecule has 0 aromatic carbocycles. The van der Waals surface area contributed by atoms with Crippen molar-refractivity contribution < 1.29 is 24.2 Å². The monoisotopic (exact) mass is 273 g/mol. The summed E-state index contributed by atoms with van der Waals surface area (Å²) in [4.78, 5) is 35.2. The molecular formula is C11H19N3O5. The number of amides is 3. The van der Waals surface area contributed by atoms with E-state index in [1.165, 1.54) is 4.90 Å². The van der Waals surface area contributed by atoms with Gasteiger partial charge < -0.3 is 25.8 Å². The first-order valence-corrected chi connectivity index (χ1v) is 6.01. The molecule has 3 atom stereocenters.